The quantitative estimate of drug-likeness (QED) is 0.123. The Morgan fingerprint density at radius 1 is 0.406 bits per heavy atom. The van der Waals surface area contributed by atoms with Crippen molar-refractivity contribution in [2.45, 2.75) is 26.2 Å². The molecule has 9 aromatic rings. The lowest BCUT2D eigenvalue weighted by Gasteiger charge is -2.19. The Kier molecular flexibility index (Phi) is 9.44. The second-order valence-corrected chi connectivity index (χ2v) is 16.1. The van der Waals surface area contributed by atoms with Crippen molar-refractivity contribution < 1.29 is 35.9 Å². The number of nitrogens with zero attached hydrogens (tertiary/aromatic N) is 2. The molecule has 0 saturated heterocycles. The molecule has 10 heteroatoms. The number of carbonyl (C=O) groups excluding carboxylic acids is 2. The van der Waals surface area contributed by atoms with E-state index in [2.05, 4.69) is 0 Å². The maximum Gasteiger partial charge on any atom is 0.416 e. The molecule has 0 bridgehead atoms. The largest absolute Gasteiger partial charge is 0.416 e. The van der Waals surface area contributed by atoms with Crippen LogP contribution >= 0.6 is 0 Å². The number of halogens is 6. The highest BCUT2D eigenvalue weighted by atomic mass is 19.4. The SMILES string of the molecule is Cc1cc(-c2cccc3c4cccc(-c5cc(C)cc(C(F)(F)F)c5)c4n(-c4cccc5c4C(=O)N(c4cc(-c6ccccc6)cc(-c6ccccc6)c4)C5=O)c23)cc(C(F)(F)F)c1. The summed E-state index contributed by atoms with van der Waals surface area (Å²) in [6, 6.07) is 47.4. The van der Waals surface area contributed by atoms with Gasteiger partial charge < -0.3 is 4.57 Å². The fourth-order valence-electron chi connectivity index (χ4n) is 9.05. The van der Waals surface area contributed by atoms with Crippen LogP contribution in [0, 0.1) is 13.8 Å². The number of aromatic nitrogens is 1. The van der Waals surface area contributed by atoms with Crippen molar-refractivity contribution >= 4 is 39.3 Å². The second-order valence-electron chi connectivity index (χ2n) is 16.1. The Labute approximate surface area is 363 Å². The smallest absolute Gasteiger partial charge is 0.307 e. The number of alkyl halides is 6. The zero-order chi connectivity index (χ0) is 44.7. The van der Waals surface area contributed by atoms with Crippen LogP contribution in [0.25, 0.3) is 72.0 Å². The molecule has 1 aliphatic heterocycles. The summed E-state index contributed by atoms with van der Waals surface area (Å²) in [4.78, 5) is 31.1. The van der Waals surface area contributed by atoms with Crippen LogP contribution in [0.3, 0.4) is 0 Å². The minimum Gasteiger partial charge on any atom is -0.307 e. The molecule has 1 aromatic heterocycles. The molecule has 64 heavy (non-hydrogen) atoms. The number of fused-ring (bicyclic) bond motifs is 4. The molecule has 0 spiro atoms. The third kappa shape index (κ3) is 6.82. The van der Waals surface area contributed by atoms with E-state index < -0.39 is 35.3 Å². The van der Waals surface area contributed by atoms with Crippen LogP contribution < -0.4 is 4.90 Å². The number of carbonyl (C=O) groups is 2. The molecule has 0 N–H and O–H groups in total. The molecule has 10 rings (SSSR count). The predicted octanol–water partition coefficient (Wildman–Crippen LogP) is 14.9. The van der Waals surface area contributed by atoms with E-state index >= 15 is 4.79 Å². The Bertz CT molecular complexity index is 3190. The van der Waals surface area contributed by atoms with E-state index in [1.807, 2.05) is 66.7 Å². The van der Waals surface area contributed by atoms with Crippen LogP contribution in [0.1, 0.15) is 43.0 Å². The summed E-state index contributed by atoms with van der Waals surface area (Å²) in [5, 5.41) is 1.14. The minimum atomic E-state index is -4.66. The number of hydrogen-bond acceptors (Lipinski definition) is 2. The van der Waals surface area contributed by atoms with E-state index in [1.165, 1.54) is 0 Å². The van der Waals surface area contributed by atoms with Crippen molar-refractivity contribution in [1.29, 1.82) is 0 Å². The Balaban J connectivity index is 1.27. The number of benzene rings is 8. The number of aryl methyl sites for hydroxylation is 2. The Morgan fingerprint density at radius 2 is 0.859 bits per heavy atom. The average molecular weight is 857 g/mol. The van der Waals surface area contributed by atoms with E-state index in [0.717, 1.165) is 51.4 Å². The van der Waals surface area contributed by atoms with E-state index in [0.29, 0.717) is 49.7 Å². The number of amides is 2. The number of para-hydroxylation sites is 2. The zero-order valence-electron chi connectivity index (χ0n) is 34.1. The first-order valence-electron chi connectivity index (χ1n) is 20.4. The fourth-order valence-corrected chi connectivity index (χ4v) is 9.05. The van der Waals surface area contributed by atoms with Gasteiger partial charge in [0.05, 0.1) is 44.7 Å². The van der Waals surface area contributed by atoms with Gasteiger partial charge in [-0.25, -0.2) is 4.90 Å². The van der Waals surface area contributed by atoms with Crippen molar-refractivity contribution in [2.24, 2.45) is 0 Å². The highest BCUT2D eigenvalue weighted by Crippen LogP contribution is 2.46. The topological polar surface area (TPSA) is 42.3 Å². The lowest BCUT2D eigenvalue weighted by Crippen LogP contribution is -2.29. The molecule has 0 atom stereocenters. The Hall–Kier alpha value is -7.72. The first kappa shape index (κ1) is 40.4. The molecule has 2 amide bonds. The molecular weight excluding hydrogens is 823 g/mol. The molecule has 0 unspecified atom stereocenters. The van der Waals surface area contributed by atoms with Gasteiger partial charge in [-0.3, -0.25) is 9.59 Å². The molecule has 2 heterocycles. The van der Waals surface area contributed by atoms with Crippen molar-refractivity contribution in [3.63, 3.8) is 0 Å². The highest BCUT2D eigenvalue weighted by Gasteiger charge is 2.40. The molecule has 0 radical (unpaired) electrons. The van der Waals surface area contributed by atoms with Gasteiger partial charge in [-0.05, 0) is 113 Å². The monoisotopic (exact) mass is 856 g/mol. The number of imide groups is 1. The summed E-state index contributed by atoms with van der Waals surface area (Å²) in [5.74, 6) is -1.23. The van der Waals surface area contributed by atoms with Crippen LogP contribution in [0.2, 0.25) is 0 Å². The molecule has 1 aliphatic rings. The maximum absolute atomic E-state index is 15.2. The van der Waals surface area contributed by atoms with Gasteiger partial charge in [0.15, 0.2) is 0 Å². The summed E-state index contributed by atoms with van der Waals surface area (Å²) >= 11 is 0. The molecule has 4 nitrogen and oxygen atoms in total. The summed E-state index contributed by atoms with van der Waals surface area (Å²) in [7, 11) is 0. The normalized spacial score (nSPS) is 13.0. The van der Waals surface area contributed by atoms with Crippen molar-refractivity contribution in [1.82, 2.24) is 4.57 Å². The third-order valence-corrected chi connectivity index (χ3v) is 11.8. The van der Waals surface area contributed by atoms with Crippen LogP contribution in [0.4, 0.5) is 32.0 Å². The third-order valence-electron chi connectivity index (χ3n) is 11.8. The van der Waals surface area contributed by atoms with Gasteiger partial charge in [0.1, 0.15) is 0 Å². The lowest BCUT2D eigenvalue weighted by molar-refractivity contribution is -0.138. The number of rotatable bonds is 6. The van der Waals surface area contributed by atoms with Crippen LogP contribution in [-0.2, 0) is 12.4 Å². The van der Waals surface area contributed by atoms with Gasteiger partial charge in [0.25, 0.3) is 11.8 Å². The Morgan fingerprint density at radius 3 is 1.33 bits per heavy atom. The number of hydrogen-bond donors (Lipinski definition) is 0. The molecule has 314 valence electrons. The van der Waals surface area contributed by atoms with E-state index in [-0.39, 0.29) is 27.9 Å². The highest BCUT2D eigenvalue weighted by molar-refractivity contribution is 6.36. The van der Waals surface area contributed by atoms with E-state index in [1.54, 1.807) is 97.3 Å². The molecule has 8 aromatic carbocycles. The van der Waals surface area contributed by atoms with Gasteiger partial charge in [-0.2, -0.15) is 26.3 Å². The van der Waals surface area contributed by atoms with Crippen molar-refractivity contribution in [3.8, 4) is 50.2 Å². The number of anilines is 1. The van der Waals surface area contributed by atoms with Gasteiger partial charge in [-0.1, -0.05) is 115 Å². The maximum atomic E-state index is 15.2. The fraction of sp³-hybridized carbons (Fsp3) is 0.0741. The zero-order valence-corrected chi connectivity index (χ0v) is 34.1. The van der Waals surface area contributed by atoms with Gasteiger partial charge >= 0.3 is 12.4 Å². The molecular formula is C54H34F6N2O2. The molecule has 0 fully saturated rings. The van der Waals surface area contributed by atoms with Gasteiger partial charge in [0, 0.05) is 21.9 Å². The summed E-state index contributed by atoms with van der Waals surface area (Å²) in [6.45, 7) is 3.14. The summed E-state index contributed by atoms with van der Waals surface area (Å²) in [6.07, 6.45) is -9.32. The average Bonchev–Trinajstić information content (AvgIpc) is 3.76. The van der Waals surface area contributed by atoms with E-state index in [9.17, 15) is 31.1 Å². The van der Waals surface area contributed by atoms with Crippen molar-refractivity contribution in [2.75, 3.05) is 4.90 Å². The predicted molar refractivity (Wildman–Crippen MR) is 240 cm³/mol. The lowest BCUT2D eigenvalue weighted by atomic mass is 9.96. The van der Waals surface area contributed by atoms with Crippen molar-refractivity contribution in [3.05, 3.63) is 203 Å². The van der Waals surface area contributed by atoms with Gasteiger partial charge in [0.2, 0.25) is 0 Å². The van der Waals surface area contributed by atoms with Crippen LogP contribution in [0.15, 0.2) is 170 Å². The standard InChI is InChI=1S/C54H34F6N2O2/c1-31-22-37(27-39(24-31)53(55,56)57)42-16-9-18-44-45-19-10-17-43(38-23-32(2)25-40(28-38)54(58,59)60)50(45)62(49(42)44)47-21-11-20-46-48(47)52(64)61(51(46)63)41-29-35(33-12-5-3-6-13-33)26-36(30-41)34-14-7-4-8-15-34/h3-30H,1-2H3. The van der Waals surface area contributed by atoms with Crippen LogP contribution in [0.5, 0.6) is 0 Å². The van der Waals surface area contributed by atoms with Gasteiger partial charge in [-0.15, -0.1) is 0 Å². The minimum absolute atomic E-state index is 0.0303. The second kappa shape index (κ2) is 15.0. The van der Waals surface area contributed by atoms with E-state index in [4.69, 9.17) is 0 Å². The first-order chi connectivity index (χ1) is 30.7. The summed E-state index contributed by atoms with van der Waals surface area (Å²) < 4.78 is 87.9. The first-order valence-corrected chi connectivity index (χ1v) is 20.4. The van der Waals surface area contributed by atoms with Crippen LogP contribution in [-0.4, -0.2) is 16.4 Å². The summed E-state index contributed by atoms with van der Waals surface area (Å²) in [5.41, 5.74) is 4.94. The molecule has 0 saturated carbocycles. The molecule has 0 aliphatic carbocycles.